The molecule has 1 aromatic heterocycles. The van der Waals surface area contributed by atoms with Crippen LogP contribution in [0.3, 0.4) is 0 Å². The Balaban J connectivity index is 2.27. The molecule has 0 spiro atoms. The fourth-order valence-corrected chi connectivity index (χ4v) is 2.39. The van der Waals surface area contributed by atoms with Crippen LogP contribution in [0.4, 0.5) is 0 Å². The van der Waals surface area contributed by atoms with Crippen LogP contribution in [-0.4, -0.2) is 53.3 Å². The van der Waals surface area contributed by atoms with Crippen molar-refractivity contribution >= 4 is 17.5 Å². The number of nitrogens with zero attached hydrogens (tertiary/aromatic N) is 2. The highest BCUT2D eigenvalue weighted by atomic mass is 35.5. The maximum Gasteiger partial charge on any atom is 0.254 e. The van der Waals surface area contributed by atoms with Crippen LogP contribution in [0.15, 0.2) is 12.1 Å². The molecule has 2 heterocycles. The molecule has 0 saturated carbocycles. The Labute approximate surface area is 123 Å². The maximum atomic E-state index is 12.6. The molecule has 5 nitrogen and oxygen atoms in total. The van der Waals surface area contributed by atoms with Gasteiger partial charge in [0.2, 0.25) is 0 Å². The number of rotatable bonds is 3. The van der Waals surface area contributed by atoms with Gasteiger partial charge in [0.15, 0.2) is 0 Å². The highest BCUT2D eigenvalue weighted by Gasteiger charge is 2.28. The van der Waals surface area contributed by atoms with Crippen molar-refractivity contribution in [3.05, 3.63) is 28.5 Å². The molecular weight excluding hydrogens is 280 g/mol. The molecule has 1 N–H and O–H groups in total. The number of amides is 1. The van der Waals surface area contributed by atoms with Gasteiger partial charge in [0, 0.05) is 17.8 Å². The predicted octanol–water partition coefficient (Wildman–Crippen LogP) is 1.69. The van der Waals surface area contributed by atoms with Crippen LogP contribution in [0.1, 0.15) is 35.8 Å². The number of ether oxygens (including phenoxy) is 1. The Hall–Kier alpha value is -1.17. The first-order valence-corrected chi connectivity index (χ1v) is 7.07. The number of aromatic nitrogens is 1. The van der Waals surface area contributed by atoms with E-state index < -0.39 is 0 Å². The fraction of sp³-hybridized carbons (Fsp3) is 0.571. The predicted molar refractivity (Wildman–Crippen MR) is 76.1 cm³/mol. The Morgan fingerprint density at radius 1 is 1.60 bits per heavy atom. The molecule has 1 aliphatic rings. The summed E-state index contributed by atoms with van der Waals surface area (Å²) < 4.78 is 5.28. The minimum atomic E-state index is -0.300. The number of halogens is 1. The molecule has 6 heteroatoms. The molecule has 1 fully saturated rings. The molecule has 110 valence electrons. The summed E-state index contributed by atoms with van der Waals surface area (Å²) in [7, 11) is 0. The third kappa shape index (κ3) is 3.29. The number of aliphatic hydroxyl groups is 1. The Morgan fingerprint density at radius 2 is 2.35 bits per heavy atom. The Morgan fingerprint density at radius 3 is 3.00 bits per heavy atom. The molecule has 2 rings (SSSR count). The van der Waals surface area contributed by atoms with E-state index in [4.69, 9.17) is 16.3 Å². The lowest BCUT2D eigenvalue weighted by Crippen LogP contribution is -2.50. The van der Waals surface area contributed by atoms with E-state index in [1.807, 2.05) is 13.8 Å². The summed E-state index contributed by atoms with van der Waals surface area (Å²) in [5.74, 6) is 0.0529. The van der Waals surface area contributed by atoms with Gasteiger partial charge in [-0.3, -0.25) is 4.79 Å². The smallest absolute Gasteiger partial charge is 0.254 e. The summed E-state index contributed by atoms with van der Waals surface area (Å²) in [6, 6.07) is 3.04. The average molecular weight is 299 g/mol. The first-order valence-electron chi connectivity index (χ1n) is 6.70. The third-order valence-electron chi connectivity index (χ3n) is 3.35. The largest absolute Gasteiger partial charge is 0.394 e. The minimum Gasteiger partial charge on any atom is -0.394 e. The molecule has 1 unspecified atom stereocenters. The van der Waals surface area contributed by atoms with Crippen LogP contribution in [0.25, 0.3) is 0 Å². The second-order valence-corrected chi connectivity index (χ2v) is 5.56. The number of carbonyl (C=O) groups is 1. The SMILES string of the molecule is CC(C)c1cc(C(=O)N2CCOCC2CO)cc(Cl)n1. The van der Waals surface area contributed by atoms with Crippen molar-refractivity contribution in [3.63, 3.8) is 0 Å². The van der Waals surface area contributed by atoms with Crippen LogP contribution in [0.5, 0.6) is 0 Å². The Bertz CT molecular complexity index is 493. The van der Waals surface area contributed by atoms with Gasteiger partial charge < -0.3 is 14.7 Å². The van der Waals surface area contributed by atoms with E-state index in [0.717, 1.165) is 5.69 Å². The molecule has 1 amide bonds. The molecule has 1 atom stereocenters. The van der Waals surface area contributed by atoms with Crippen LogP contribution in [-0.2, 0) is 4.74 Å². The quantitative estimate of drug-likeness (QED) is 0.863. The summed E-state index contributed by atoms with van der Waals surface area (Å²) in [6.45, 7) is 5.20. The zero-order valence-corrected chi connectivity index (χ0v) is 12.4. The van der Waals surface area contributed by atoms with Crippen LogP contribution < -0.4 is 0 Å². The monoisotopic (exact) mass is 298 g/mol. The van der Waals surface area contributed by atoms with Gasteiger partial charge in [-0.05, 0) is 18.1 Å². The molecule has 1 aromatic rings. The normalized spacial score (nSPS) is 19.4. The molecule has 0 bridgehead atoms. The second kappa shape index (κ2) is 6.52. The van der Waals surface area contributed by atoms with Crippen molar-refractivity contribution in [1.82, 2.24) is 9.88 Å². The van der Waals surface area contributed by atoms with Gasteiger partial charge in [-0.25, -0.2) is 4.98 Å². The average Bonchev–Trinajstić information content (AvgIpc) is 2.45. The van der Waals surface area contributed by atoms with E-state index in [1.165, 1.54) is 0 Å². The molecule has 0 aromatic carbocycles. The minimum absolute atomic E-state index is 0.110. The van der Waals surface area contributed by atoms with Gasteiger partial charge >= 0.3 is 0 Å². The molecule has 1 saturated heterocycles. The van der Waals surface area contributed by atoms with E-state index in [2.05, 4.69) is 4.98 Å². The van der Waals surface area contributed by atoms with Crippen LogP contribution in [0, 0.1) is 0 Å². The zero-order chi connectivity index (χ0) is 14.7. The van der Waals surface area contributed by atoms with Gasteiger partial charge in [0.25, 0.3) is 5.91 Å². The molecule has 0 radical (unpaired) electrons. The molecule has 1 aliphatic heterocycles. The van der Waals surface area contributed by atoms with E-state index in [9.17, 15) is 9.90 Å². The van der Waals surface area contributed by atoms with Crippen molar-refractivity contribution in [2.24, 2.45) is 0 Å². The number of pyridine rings is 1. The molecule has 0 aliphatic carbocycles. The first kappa shape index (κ1) is 15.2. The van der Waals surface area contributed by atoms with Gasteiger partial charge in [0.1, 0.15) is 5.15 Å². The summed E-state index contributed by atoms with van der Waals surface area (Å²) in [5.41, 5.74) is 1.30. The van der Waals surface area contributed by atoms with Crippen molar-refractivity contribution in [2.45, 2.75) is 25.8 Å². The lowest BCUT2D eigenvalue weighted by atomic mass is 10.1. The van der Waals surface area contributed by atoms with Crippen molar-refractivity contribution in [3.8, 4) is 0 Å². The first-order chi connectivity index (χ1) is 9.52. The van der Waals surface area contributed by atoms with Crippen LogP contribution in [0.2, 0.25) is 5.15 Å². The van der Waals surface area contributed by atoms with E-state index in [1.54, 1.807) is 17.0 Å². The summed E-state index contributed by atoms with van der Waals surface area (Å²) in [4.78, 5) is 18.4. The maximum absolute atomic E-state index is 12.6. The number of aliphatic hydroxyl groups excluding tert-OH is 1. The molecular formula is C14H19ClN2O3. The van der Waals surface area contributed by atoms with Gasteiger partial charge in [0.05, 0.1) is 25.9 Å². The van der Waals surface area contributed by atoms with Crippen molar-refractivity contribution in [2.75, 3.05) is 26.4 Å². The number of hydrogen-bond donors (Lipinski definition) is 1. The van der Waals surface area contributed by atoms with Gasteiger partial charge in [-0.1, -0.05) is 25.4 Å². The third-order valence-corrected chi connectivity index (χ3v) is 3.55. The lowest BCUT2D eigenvalue weighted by Gasteiger charge is -2.34. The summed E-state index contributed by atoms with van der Waals surface area (Å²) in [6.07, 6.45) is 0. The van der Waals surface area contributed by atoms with Crippen molar-refractivity contribution < 1.29 is 14.6 Å². The Kier molecular flexibility index (Phi) is 4.96. The van der Waals surface area contributed by atoms with Gasteiger partial charge in [-0.2, -0.15) is 0 Å². The van der Waals surface area contributed by atoms with E-state index in [0.29, 0.717) is 30.5 Å². The van der Waals surface area contributed by atoms with E-state index >= 15 is 0 Å². The fourth-order valence-electron chi connectivity index (χ4n) is 2.18. The lowest BCUT2D eigenvalue weighted by molar-refractivity contribution is -0.0184. The van der Waals surface area contributed by atoms with Gasteiger partial charge in [-0.15, -0.1) is 0 Å². The summed E-state index contributed by atoms with van der Waals surface area (Å²) in [5, 5.41) is 9.66. The van der Waals surface area contributed by atoms with Crippen molar-refractivity contribution in [1.29, 1.82) is 0 Å². The van der Waals surface area contributed by atoms with E-state index in [-0.39, 0.29) is 24.5 Å². The topological polar surface area (TPSA) is 62.7 Å². The number of carbonyl (C=O) groups excluding carboxylic acids is 1. The highest BCUT2D eigenvalue weighted by Crippen LogP contribution is 2.20. The number of morpholine rings is 1. The number of hydrogen-bond acceptors (Lipinski definition) is 4. The highest BCUT2D eigenvalue weighted by molar-refractivity contribution is 6.29. The standard InChI is InChI=1S/C14H19ClN2O3/c1-9(2)12-5-10(6-13(15)16-12)14(19)17-3-4-20-8-11(17)7-18/h5-6,9,11,18H,3-4,7-8H2,1-2H3. The zero-order valence-electron chi connectivity index (χ0n) is 11.7. The molecule has 20 heavy (non-hydrogen) atoms. The van der Waals surface area contributed by atoms with Crippen LogP contribution >= 0.6 is 11.6 Å². The summed E-state index contributed by atoms with van der Waals surface area (Å²) >= 11 is 5.99. The second-order valence-electron chi connectivity index (χ2n) is 5.17.